The van der Waals surface area contributed by atoms with E-state index in [-0.39, 0.29) is 5.92 Å². The average Bonchev–Trinajstić information content (AvgIpc) is 2.60. The van der Waals surface area contributed by atoms with Gasteiger partial charge < -0.3 is 11.5 Å². The van der Waals surface area contributed by atoms with Crippen molar-refractivity contribution in [2.45, 2.75) is 12.8 Å². The normalized spacial score (nSPS) is 40.9. The molecule has 3 unspecified atom stereocenters. The molecule has 0 aliphatic heterocycles. The van der Waals surface area contributed by atoms with E-state index in [1.54, 1.807) is 6.08 Å². The Kier molecular flexibility index (Phi) is 1.49. The van der Waals surface area contributed by atoms with Crippen LogP contribution in [0.25, 0.3) is 0 Å². The predicted octanol–water partition coefficient (Wildman–Crippen LogP) is -0.461. The number of allylic oxidation sites excluding steroid dienone is 1. The van der Waals surface area contributed by atoms with E-state index in [1.807, 2.05) is 6.08 Å². The Morgan fingerprint density at radius 3 is 2.46 bits per heavy atom. The fraction of sp³-hybridized carbons (Fsp3) is 0.556. The quantitative estimate of drug-likeness (QED) is 0.563. The summed E-state index contributed by atoms with van der Waals surface area (Å²) < 4.78 is 0. The van der Waals surface area contributed by atoms with Gasteiger partial charge in [0.2, 0.25) is 11.8 Å². The van der Waals surface area contributed by atoms with E-state index in [2.05, 4.69) is 0 Å². The summed E-state index contributed by atoms with van der Waals surface area (Å²) in [5.41, 5.74) is 9.76. The second-order valence-electron chi connectivity index (χ2n) is 3.92. The van der Waals surface area contributed by atoms with E-state index in [9.17, 15) is 9.59 Å². The molecule has 0 heterocycles. The zero-order chi connectivity index (χ0) is 9.64. The Bertz CT molecular complexity index is 311. The molecule has 1 fully saturated rings. The molecule has 70 valence electrons. The molecule has 2 amide bonds. The van der Waals surface area contributed by atoms with Crippen molar-refractivity contribution in [2.24, 2.45) is 28.7 Å². The van der Waals surface area contributed by atoms with E-state index in [4.69, 9.17) is 11.5 Å². The first-order valence-electron chi connectivity index (χ1n) is 4.35. The maximum atomic E-state index is 11.3. The monoisotopic (exact) mass is 180 g/mol. The van der Waals surface area contributed by atoms with Gasteiger partial charge in [0.15, 0.2) is 0 Å². The third-order valence-corrected chi connectivity index (χ3v) is 3.23. The van der Waals surface area contributed by atoms with Crippen LogP contribution < -0.4 is 11.5 Å². The van der Waals surface area contributed by atoms with Crippen molar-refractivity contribution in [1.29, 1.82) is 0 Å². The molecule has 4 nitrogen and oxygen atoms in total. The highest BCUT2D eigenvalue weighted by molar-refractivity contribution is 5.92. The van der Waals surface area contributed by atoms with Gasteiger partial charge in [-0.15, -0.1) is 0 Å². The zero-order valence-corrected chi connectivity index (χ0v) is 7.19. The molecule has 0 aromatic rings. The van der Waals surface area contributed by atoms with Crippen LogP contribution >= 0.6 is 0 Å². The summed E-state index contributed by atoms with van der Waals surface area (Å²) in [7, 11) is 0. The minimum Gasteiger partial charge on any atom is -0.369 e. The zero-order valence-electron chi connectivity index (χ0n) is 7.19. The molecule has 0 radical (unpaired) electrons. The Morgan fingerprint density at radius 2 is 2.08 bits per heavy atom. The molecule has 0 saturated heterocycles. The van der Waals surface area contributed by atoms with Gasteiger partial charge in [0.05, 0.1) is 11.3 Å². The van der Waals surface area contributed by atoms with Crippen LogP contribution in [0.2, 0.25) is 0 Å². The van der Waals surface area contributed by atoms with Crippen molar-refractivity contribution in [1.82, 2.24) is 0 Å². The summed E-state index contributed by atoms with van der Waals surface area (Å²) in [6.07, 6.45) is 5.06. The summed E-state index contributed by atoms with van der Waals surface area (Å²) >= 11 is 0. The second-order valence-corrected chi connectivity index (χ2v) is 3.92. The molecular formula is C9H12N2O2. The van der Waals surface area contributed by atoms with Gasteiger partial charge in [-0.3, -0.25) is 9.59 Å². The van der Waals surface area contributed by atoms with Gasteiger partial charge in [-0.1, -0.05) is 12.2 Å². The predicted molar refractivity (Wildman–Crippen MR) is 46.2 cm³/mol. The number of primary amides is 2. The highest BCUT2D eigenvalue weighted by Crippen LogP contribution is 2.52. The fourth-order valence-electron chi connectivity index (χ4n) is 2.54. The van der Waals surface area contributed by atoms with Crippen LogP contribution in [-0.4, -0.2) is 11.8 Å². The average molecular weight is 180 g/mol. The molecule has 1 saturated carbocycles. The lowest BCUT2D eigenvalue weighted by molar-refractivity contribution is -0.134. The van der Waals surface area contributed by atoms with Gasteiger partial charge in [0, 0.05) is 0 Å². The standard InChI is InChI=1S/C9H12N2O2/c10-7(12)6-3-5-1-2-9(6,4-5)8(11)13/h1-2,5-6H,3-4H2,(H2,10,12)(H2,11,13). The number of fused-ring (bicyclic) bond motifs is 2. The first-order valence-corrected chi connectivity index (χ1v) is 4.35. The maximum Gasteiger partial charge on any atom is 0.228 e. The third kappa shape index (κ3) is 0.913. The topological polar surface area (TPSA) is 86.2 Å². The van der Waals surface area contributed by atoms with Crippen molar-refractivity contribution in [2.75, 3.05) is 0 Å². The molecule has 4 heteroatoms. The molecule has 2 aliphatic rings. The molecular weight excluding hydrogens is 168 g/mol. The summed E-state index contributed by atoms with van der Waals surface area (Å²) in [6.45, 7) is 0. The molecule has 0 aromatic carbocycles. The Balaban J connectivity index is 2.39. The van der Waals surface area contributed by atoms with Crippen LogP contribution in [0, 0.1) is 17.3 Å². The van der Waals surface area contributed by atoms with E-state index in [1.165, 1.54) is 0 Å². The van der Waals surface area contributed by atoms with Crippen molar-refractivity contribution >= 4 is 11.8 Å². The van der Waals surface area contributed by atoms with E-state index < -0.39 is 17.2 Å². The van der Waals surface area contributed by atoms with E-state index in [0.717, 1.165) is 0 Å². The largest absolute Gasteiger partial charge is 0.369 e. The van der Waals surface area contributed by atoms with Crippen LogP contribution in [0.5, 0.6) is 0 Å². The number of hydrogen-bond donors (Lipinski definition) is 2. The highest BCUT2D eigenvalue weighted by atomic mass is 16.2. The van der Waals surface area contributed by atoms with Crippen LogP contribution in [-0.2, 0) is 9.59 Å². The number of rotatable bonds is 2. The van der Waals surface area contributed by atoms with Crippen LogP contribution in [0.3, 0.4) is 0 Å². The number of carbonyl (C=O) groups is 2. The molecule has 0 spiro atoms. The van der Waals surface area contributed by atoms with Crippen molar-refractivity contribution in [3.8, 4) is 0 Å². The molecule has 4 N–H and O–H groups in total. The summed E-state index contributed by atoms with van der Waals surface area (Å²) in [5.74, 6) is -0.914. The Labute approximate surface area is 76.0 Å². The van der Waals surface area contributed by atoms with Gasteiger partial charge in [-0.25, -0.2) is 0 Å². The smallest absolute Gasteiger partial charge is 0.228 e. The number of hydrogen-bond acceptors (Lipinski definition) is 2. The van der Waals surface area contributed by atoms with Gasteiger partial charge in [-0.2, -0.15) is 0 Å². The molecule has 13 heavy (non-hydrogen) atoms. The van der Waals surface area contributed by atoms with Crippen LogP contribution in [0.4, 0.5) is 0 Å². The molecule has 3 atom stereocenters. The lowest BCUT2D eigenvalue weighted by Gasteiger charge is -2.26. The first-order chi connectivity index (χ1) is 6.06. The third-order valence-electron chi connectivity index (χ3n) is 3.23. The molecule has 0 aromatic heterocycles. The molecule has 2 rings (SSSR count). The van der Waals surface area contributed by atoms with Gasteiger partial charge in [0.25, 0.3) is 0 Å². The fourth-order valence-corrected chi connectivity index (χ4v) is 2.54. The van der Waals surface area contributed by atoms with Gasteiger partial charge >= 0.3 is 0 Å². The highest BCUT2D eigenvalue weighted by Gasteiger charge is 2.54. The lowest BCUT2D eigenvalue weighted by atomic mass is 9.77. The van der Waals surface area contributed by atoms with E-state index in [0.29, 0.717) is 18.8 Å². The number of nitrogens with two attached hydrogens (primary N) is 2. The first kappa shape index (κ1) is 8.29. The Morgan fingerprint density at radius 1 is 1.38 bits per heavy atom. The maximum absolute atomic E-state index is 11.3. The summed E-state index contributed by atoms with van der Waals surface area (Å²) in [5, 5.41) is 0. The Hall–Kier alpha value is -1.32. The summed E-state index contributed by atoms with van der Waals surface area (Å²) in [4.78, 5) is 22.3. The second kappa shape index (κ2) is 2.34. The van der Waals surface area contributed by atoms with Crippen LogP contribution in [0.1, 0.15) is 12.8 Å². The van der Waals surface area contributed by atoms with Gasteiger partial charge in [0.1, 0.15) is 0 Å². The van der Waals surface area contributed by atoms with E-state index >= 15 is 0 Å². The minimum atomic E-state index is -0.767. The summed E-state index contributed by atoms with van der Waals surface area (Å²) in [6, 6.07) is 0. The van der Waals surface area contributed by atoms with Gasteiger partial charge in [-0.05, 0) is 18.8 Å². The SMILES string of the molecule is NC(=O)C1CC2C=CC1(C(N)=O)C2. The van der Waals surface area contributed by atoms with Crippen molar-refractivity contribution in [3.63, 3.8) is 0 Å². The van der Waals surface area contributed by atoms with Crippen LogP contribution in [0.15, 0.2) is 12.2 Å². The number of amides is 2. The molecule has 2 bridgehead atoms. The lowest BCUT2D eigenvalue weighted by Crippen LogP contribution is -2.43. The van der Waals surface area contributed by atoms with Crippen molar-refractivity contribution in [3.05, 3.63) is 12.2 Å². The van der Waals surface area contributed by atoms with Crippen molar-refractivity contribution < 1.29 is 9.59 Å². The molecule has 2 aliphatic carbocycles. The number of carbonyl (C=O) groups excluding carboxylic acids is 2. The minimum absolute atomic E-state index is 0.310.